The Labute approximate surface area is 95.2 Å². The van der Waals surface area contributed by atoms with Gasteiger partial charge in [-0.05, 0) is 25.7 Å². The van der Waals surface area contributed by atoms with E-state index in [4.69, 9.17) is 4.52 Å². The molecule has 1 saturated carbocycles. The van der Waals surface area contributed by atoms with Crippen LogP contribution in [0, 0.1) is 12.8 Å². The molecule has 0 radical (unpaired) electrons. The summed E-state index contributed by atoms with van der Waals surface area (Å²) in [6.45, 7) is 4.10. The van der Waals surface area contributed by atoms with E-state index in [-0.39, 0.29) is 12.1 Å². The molecule has 0 bridgehead atoms. The van der Waals surface area contributed by atoms with Crippen molar-refractivity contribution in [2.45, 2.75) is 45.1 Å². The molecule has 5 heteroatoms. The lowest BCUT2D eigenvalue weighted by Crippen LogP contribution is -2.46. The molecule has 0 saturated heterocycles. The van der Waals surface area contributed by atoms with E-state index in [9.17, 15) is 5.11 Å². The first kappa shape index (κ1) is 11.4. The number of nitrogens with zero attached hydrogens (tertiary/aromatic N) is 2. The SMILES string of the molecule is Cc1noc(NC2(CO)CCCC(C)C2)n1. The van der Waals surface area contributed by atoms with Gasteiger partial charge in [0.1, 0.15) is 0 Å². The largest absolute Gasteiger partial charge is 0.394 e. The van der Waals surface area contributed by atoms with Gasteiger partial charge in [0.25, 0.3) is 0 Å². The van der Waals surface area contributed by atoms with E-state index >= 15 is 0 Å². The average molecular weight is 225 g/mol. The lowest BCUT2D eigenvalue weighted by atomic mass is 9.77. The summed E-state index contributed by atoms with van der Waals surface area (Å²) in [5, 5.41) is 16.5. The summed E-state index contributed by atoms with van der Waals surface area (Å²) in [5.41, 5.74) is -0.281. The van der Waals surface area contributed by atoms with Crippen LogP contribution in [0.15, 0.2) is 4.52 Å². The summed E-state index contributed by atoms with van der Waals surface area (Å²) in [7, 11) is 0. The van der Waals surface area contributed by atoms with E-state index in [1.165, 1.54) is 6.42 Å². The quantitative estimate of drug-likeness (QED) is 0.819. The van der Waals surface area contributed by atoms with E-state index in [1.807, 2.05) is 0 Å². The van der Waals surface area contributed by atoms with Crippen molar-refractivity contribution >= 4 is 6.01 Å². The Balaban J connectivity index is 2.09. The van der Waals surface area contributed by atoms with Crippen molar-refractivity contribution in [1.29, 1.82) is 0 Å². The molecule has 16 heavy (non-hydrogen) atoms. The second-order valence-electron chi connectivity index (χ2n) is 4.91. The molecule has 0 amide bonds. The van der Waals surface area contributed by atoms with E-state index in [1.54, 1.807) is 6.92 Å². The minimum atomic E-state index is -0.281. The summed E-state index contributed by atoms with van der Waals surface area (Å²) in [6, 6.07) is 0.417. The second-order valence-corrected chi connectivity index (χ2v) is 4.91. The number of aromatic nitrogens is 2. The van der Waals surface area contributed by atoms with Gasteiger partial charge in [0.05, 0.1) is 12.1 Å². The number of aliphatic hydroxyl groups excluding tert-OH is 1. The molecular weight excluding hydrogens is 206 g/mol. The van der Waals surface area contributed by atoms with Crippen LogP contribution in [0.4, 0.5) is 6.01 Å². The van der Waals surface area contributed by atoms with Crippen LogP contribution >= 0.6 is 0 Å². The maximum Gasteiger partial charge on any atom is 0.321 e. The molecule has 1 aliphatic rings. The maximum atomic E-state index is 9.58. The highest BCUT2D eigenvalue weighted by Crippen LogP contribution is 2.34. The van der Waals surface area contributed by atoms with Gasteiger partial charge in [-0.25, -0.2) is 0 Å². The number of hydrogen-bond donors (Lipinski definition) is 2. The van der Waals surface area contributed by atoms with Gasteiger partial charge in [-0.2, -0.15) is 4.98 Å². The Morgan fingerprint density at radius 3 is 3.00 bits per heavy atom. The third-order valence-corrected chi connectivity index (χ3v) is 3.29. The molecule has 0 aromatic carbocycles. The van der Waals surface area contributed by atoms with Crippen molar-refractivity contribution in [1.82, 2.24) is 10.1 Å². The Morgan fingerprint density at radius 2 is 2.44 bits per heavy atom. The smallest absolute Gasteiger partial charge is 0.321 e. The molecule has 90 valence electrons. The summed E-state index contributed by atoms with van der Waals surface area (Å²) < 4.78 is 5.05. The van der Waals surface area contributed by atoms with Crippen molar-refractivity contribution in [3.63, 3.8) is 0 Å². The van der Waals surface area contributed by atoms with Crippen LogP contribution in [0.3, 0.4) is 0 Å². The van der Waals surface area contributed by atoms with Gasteiger partial charge in [-0.1, -0.05) is 24.9 Å². The van der Waals surface area contributed by atoms with Crippen LogP contribution in [-0.4, -0.2) is 27.4 Å². The number of aliphatic hydroxyl groups is 1. The van der Waals surface area contributed by atoms with Crippen molar-refractivity contribution in [3.8, 4) is 0 Å². The molecule has 2 unspecified atom stereocenters. The number of hydrogen-bond acceptors (Lipinski definition) is 5. The van der Waals surface area contributed by atoms with Crippen molar-refractivity contribution in [2.75, 3.05) is 11.9 Å². The van der Waals surface area contributed by atoms with Crippen molar-refractivity contribution in [3.05, 3.63) is 5.82 Å². The van der Waals surface area contributed by atoms with Crippen LogP contribution in [0.25, 0.3) is 0 Å². The summed E-state index contributed by atoms with van der Waals surface area (Å²) >= 11 is 0. The van der Waals surface area contributed by atoms with Crippen molar-refractivity contribution in [2.24, 2.45) is 5.92 Å². The molecule has 1 fully saturated rings. The van der Waals surface area contributed by atoms with Gasteiger partial charge in [0.15, 0.2) is 5.82 Å². The van der Waals surface area contributed by atoms with Gasteiger partial charge in [0, 0.05) is 0 Å². The Morgan fingerprint density at radius 1 is 1.62 bits per heavy atom. The van der Waals surface area contributed by atoms with Crippen LogP contribution < -0.4 is 5.32 Å². The highest BCUT2D eigenvalue weighted by atomic mass is 16.5. The molecule has 1 heterocycles. The molecule has 1 aromatic heterocycles. The first-order chi connectivity index (χ1) is 7.63. The van der Waals surface area contributed by atoms with Gasteiger partial charge in [0.2, 0.25) is 0 Å². The Hall–Kier alpha value is -1.10. The fourth-order valence-electron chi connectivity index (χ4n) is 2.53. The Kier molecular flexibility index (Phi) is 3.14. The van der Waals surface area contributed by atoms with E-state index in [0.717, 1.165) is 19.3 Å². The molecule has 2 N–H and O–H groups in total. The highest BCUT2D eigenvalue weighted by Gasteiger charge is 2.35. The van der Waals surface area contributed by atoms with Crippen LogP contribution in [0.1, 0.15) is 38.4 Å². The predicted molar refractivity (Wildman–Crippen MR) is 60.1 cm³/mol. The number of rotatable bonds is 3. The van der Waals surface area contributed by atoms with Gasteiger partial charge in [-0.15, -0.1) is 0 Å². The highest BCUT2D eigenvalue weighted by molar-refractivity contribution is 5.25. The van der Waals surface area contributed by atoms with Crippen LogP contribution in [-0.2, 0) is 0 Å². The molecular formula is C11H19N3O2. The zero-order valence-electron chi connectivity index (χ0n) is 9.86. The van der Waals surface area contributed by atoms with E-state index in [0.29, 0.717) is 17.8 Å². The fourth-order valence-corrected chi connectivity index (χ4v) is 2.53. The topological polar surface area (TPSA) is 71.2 Å². The number of nitrogens with one attached hydrogen (secondary N) is 1. The normalized spacial score (nSPS) is 30.3. The molecule has 2 rings (SSSR count). The number of anilines is 1. The Bertz CT molecular complexity index is 353. The van der Waals surface area contributed by atoms with Gasteiger partial charge >= 0.3 is 6.01 Å². The first-order valence-corrected chi connectivity index (χ1v) is 5.83. The van der Waals surface area contributed by atoms with E-state index < -0.39 is 0 Å². The number of aryl methyl sites for hydroxylation is 1. The fraction of sp³-hybridized carbons (Fsp3) is 0.818. The average Bonchev–Trinajstić information content (AvgIpc) is 2.64. The van der Waals surface area contributed by atoms with Crippen LogP contribution in [0.2, 0.25) is 0 Å². The second kappa shape index (κ2) is 4.41. The molecule has 1 aromatic rings. The zero-order valence-corrected chi connectivity index (χ0v) is 9.86. The van der Waals surface area contributed by atoms with E-state index in [2.05, 4.69) is 22.4 Å². The summed E-state index contributed by atoms with van der Waals surface area (Å²) in [5.74, 6) is 1.23. The van der Waals surface area contributed by atoms with Gasteiger partial charge in [-0.3, -0.25) is 0 Å². The maximum absolute atomic E-state index is 9.58. The van der Waals surface area contributed by atoms with Gasteiger partial charge < -0.3 is 14.9 Å². The molecule has 0 aliphatic heterocycles. The molecule has 5 nitrogen and oxygen atoms in total. The molecule has 0 spiro atoms. The van der Waals surface area contributed by atoms with Crippen molar-refractivity contribution < 1.29 is 9.63 Å². The monoisotopic (exact) mass is 225 g/mol. The predicted octanol–water partition coefficient (Wildman–Crippen LogP) is 1.73. The third-order valence-electron chi connectivity index (χ3n) is 3.29. The molecule has 2 atom stereocenters. The van der Waals surface area contributed by atoms with Crippen LogP contribution in [0.5, 0.6) is 0 Å². The molecule has 1 aliphatic carbocycles. The lowest BCUT2D eigenvalue weighted by molar-refractivity contribution is 0.146. The summed E-state index contributed by atoms with van der Waals surface area (Å²) in [6.07, 6.45) is 4.26. The lowest BCUT2D eigenvalue weighted by Gasteiger charge is -2.38. The summed E-state index contributed by atoms with van der Waals surface area (Å²) in [4.78, 5) is 4.12. The third kappa shape index (κ3) is 2.35. The first-order valence-electron chi connectivity index (χ1n) is 5.83. The standard InChI is InChI=1S/C11H19N3O2/c1-8-4-3-5-11(6-8,7-15)13-10-12-9(2)14-16-10/h8,15H,3-7H2,1-2H3,(H,12,13,14). The minimum absolute atomic E-state index is 0.110. The minimum Gasteiger partial charge on any atom is -0.394 e. The zero-order chi connectivity index (χ0) is 11.6.